The number of carbonyl (C=O) groups excluding carboxylic acids is 1. The summed E-state index contributed by atoms with van der Waals surface area (Å²) in [6.45, 7) is 5.50. The minimum atomic E-state index is -0.00716. The van der Waals surface area contributed by atoms with Gasteiger partial charge in [0.05, 0.1) is 11.3 Å². The molecule has 1 saturated heterocycles. The zero-order valence-corrected chi connectivity index (χ0v) is 17.9. The van der Waals surface area contributed by atoms with Crippen molar-refractivity contribution < 1.29 is 4.79 Å². The lowest BCUT2D eigenvalue weighted by atomic mass is 9.91. The maximum Gasteiger partial charge on any atom is 0.255 e. The summed E-state index contributed by atoms with van der Waals surface area (Å²) in [4.78, 5) is 33.3. The molecule has 2 fully saturated rings. The van der Waals surface area contributed by atoms with Gasteiger partial charge in [0.1, 0.15) is 5.15 Å². The number of piperazine rings is 1. The molecule has 3 aliphatic rings. The Morgan fingerprint density at radius 2 is 1.77 bits per heavy atom. The van der Waals surface area contributed by atoms with Crippen LogP contribution >= 0.6 is 11.6 Å². The second-order valence-corrected chi connectivity index (χ2v) is 8.80. The Morgan fingerprint density at radius 3 is 2.47 bits per heavy atom. The number of amides is 1. The highest BCUT2D eigenvalue weighted by Crippen LogP contribution is 2.26. The smallest absolute Gasteiger partial charge is 0.255 e. The standard InChI is InChI=1S/C22H27ClN6O/c23-20-5-4-17(15-24-20)21(30)28-8-6-16-14-25-22(26-19(16)7-9-28)29-12-10-27(11-13-29)18-2-1-3-18/h4-5,14-15,18H,1-3,6-13H2. The summed E-state index contributed by atoms with van der Waals surface area (Å²) in [6.07, 6.45) is 9.13. The van der Waals surface area contributed by atoms with Crippen LogP contribution in [0.5, 0.6) is 0 Å². The van der Waals surface area contributed by atoms with Crippen LogP contribution in [-0.2, 0) is 12.8 Å². The molecule has 1 amide bonds. The van der Waals surface area contributed by atoms with E-state index in [0.29, 0.717) is 23.8 Å². The summed E-state index contributed by atoms with van der Waals surface area (Å²) in [5.41, 5.74) is 2.80. The molecular weight excluding hydrogens is 400 g/mol. The van der Waals surface area contributed by atoms with Gasteiger partial charge in [0.15, 0.2) is 0 Å². The fourth-order valence-corrected chi connectivity index (χ4v) is 4.66. The van der Waals surface area contributed by atoms with Crippen molar-refractivity contribution >= 4 is 23.5 Å². The van der Waals surface area contributed by atoms with Crippen LogP contribution in [0.25, 0.3) is 0 Å². The Bertz CT molecular complexity index is 908. The van der Waals surface area contributed by atoms with Crippen LogP contribution in [0.4, 0.5) is 5.95 Å². The lowest BCUT2D eigenvalue weighted by Crippen LogP contribution is -2.52. The average molecular weight is 427 g/mol. The zero-order chi connectivity index (χ0) is 20.5. The topological polar surface area (TPSA) is 65.5 Å². The molecule has 7 nitrogen and oxygen atoms in total. The summed E-state index contributed by atoms with van der Waals surface area (Å²) < 4.78 is 0. The summed E-state index contributed by atoms with van der Waals surface area (Å²) in [6, 6.07) is 4.19. The summed E-state index contributed by atoms with van der Waals surface area (Å²) >= 11 is 5.84. The molecule has 0 aromatic carbocycles. The van der Waals surface area contributed by atoms with Crippen LogP contribution < -0.4 is 4.90 Å². The van der Waals surface area contributed by atoms with E-state index in [0.717, 1.165) is 62.3 Å². The predicted molar refractivity (Wildman–Crippen MR) is 116 cm³/mol. The number of carbonyl (C=O) groups is 1. The van der Waals surface area contributed by atoms with Crippen LogP contribution in [0.1, 0.15) is 40.9 Å². The minimum absolute atomic E-state index is 0.00716. The molecule has 4 heterocycles. The van der Waals surface area contributed by atoms with Crippen molar-refractivity contribution in [2.45, 2.75) is 38.1 Å². The molecule has 0 atom stereocenters. The van der Waals surface area contributed by atoms with Gasteiger partial charge in [0.25, 0.3) is 5.91 Å². The van der Waals surface area contributed by atoms with Gasteiger partial charge in [0, 0.05) is 64.1 Å². The third kappa shape index (κ3) is 4.01. The SMILES string of the molecule is O=C(c1ccc(Cl)nc1)N1CCc2cnc(N3CCN(C4CCC4)CC3)nc2CC1. The number of nitrogens with zero attached hydrogens (tertiary/aromatic N) is 6. The van der Waals surface area contributed by atoms with Crippen molar-refractivity contribution in [2.24, 2.45) is 0 Å². The summed E-state index contributed by atoms with van der Waals surface area (Å²) in [5.74, 6) is 0.830. The highest BCUT2D eigenvalue weighted by atomic mass is 35.5. The third-order valence-corrected chi connectivity index (χ3v) is 6.88. The Balaban J connectivity index is 1.23. The quantitative estimate of drug-likeness (QED) is 0.702. The lowest BCUT2D eigenvalue weighted by molar-refractivity contribution is 0.0762. The monoisotopic (exact) mass is 426 g/mol. The first kappa shape index (κ1) is 19.7. The Labute approximate surface area is 182 Å². The van der Waals surface area contributed by atoms with Crippen LogP contribution in [0.15, 0.2) is 24.5 Å². The van der Waals surface area contributed by atoms with Gasteiger partial charge < -0.3 is 9.80 Å². The van der Waals surface area contributed by atoms with Gasteiger partial charge >= 0.3 is 0 Å². The zero-order valence-electron chi connectivity index (χ0n) is 17.1. The van der Waals surface area contributed by atoms with E-state index in [4.69, 9.17) is 16.6 Å². The van der Waals surface area contributed by atoms with Gasteiger partial charge in [-0.2, -0.15) is 0 Å². The van der Waals surface area contributed by atoms with Gasteiger partial charge in [0.2, 0.25) is 5.95 Å². The molecule has 0 spiro atoms. The van der Waals surface area contributed by atoms with Crippen molar-refractivity contribution in [3.05, 3.63) is 46.5 Å². The first-order valence-corrected chi connectivity index (χ1v) is 11.3. The molecule has 0 bridgehead atoms. The molecule has 158 valence electrons. The molecule has 0 unspecified atom stereocenters. The van der Waals surface area contributed by atoms with E-state index in [2.05, 4.69) is 19.8 Å². The normalized spacial score (nSPS) is 20.4. The van der Waals surface area contributed by atoms with Crippen molar-refractivity contribution in [3.63, 3.8) is 0 Å². The Hall–Kier alpha value is -2.25. The molecule has 5 rings (SSSR count). The van der Waals surface area contributed by atoms with Gasteiger partial charge in [-0.3, -0.25) is 9.69 Å². The fraction of sp³-hybridized carbons (Fsp3) is 0.545. The van der Waals surface area contributed by atoms with E-state index in [1.807, 2.05) is 11.1 Å². The average Bonchev–Trinajstić information content (AvgIpc) is 2.95. The maximum absolute atomic E-state index is 12.8. The maximum atomic E-state index is 12.8. The molecule has 0 radical (unpaired) electrons. The molecule has 1 aliphatic carbocycles. The number of aromatic nitrogens is 3. The molecule has 0 N–H and O–H groups in total. The van der Waals surface area contributed by atoms with Crippen LogP contribution in [0, 0.1) is 0 Å². The molecule has 2 aromatic rings. The van der Waals surface area contributed by atoms with Crippen LogP contribution in [-0.4, -0.2) is 76.0 Å². The molecule has 8 heteroatoms. The van der Waals surface area contributed by atoms with Crippen molar-refractivity contribution in [1.82, 2.24) is 24.8 Å². The first-order valence-electron chi connectivity index (χ1n) is 10.9. The Morgan fingerprint density at radius 1 is 0.967 bits per heavy atom. The number of anilines is 1. The number of pyridine rings is 1. The van der Waals surface area contributed by atoms with Gasteiger partial charge in [-0.25, -0.2) is 15.0 Å². The van der Waals surface area contributed by atoms with Crippen LogP contribution in [0.3, 0.4) is 0 Å². The van der Waals surface area contributed by atoms with Crippen molar-refractivity contribution in [2.75, 3.05) is 44.2 Å². The highest BCUT2D eigenvalue weighted by molar-refractivity contribution is 6.29. The predicted octanol–water partition coefficient (Wildman–Crippen LogP) is 2.44. The molecular formula is C22H27ClN6O. The van der Waals surface area contributed by atoms with Gasteiger partial charge in [-0.1, -0.05) is 18.0 Å². The molecule has 2 aromatic heterocycles. The molecule has 2 aliphatic heterocycles. The number of hydrogen-bond donors (Lipinski definition) is 0. The van der Waals surface area contributed by atoms with E-state index in [-0.39, 0.29) is 5.91 Å². The van der Waals surface area contributed by atoms with Crippen molar-refractivity contribution in [3.8, 4) is 0 Å². The molecule has 1 saturated carbocycles. The highest BCUT2D eigenvalue weighted by Gasteiger charge is 2.29. The minimum Gasteiger partial charge on any atom is -0.338 e. The fourth-order valence-electron chi connectivity index (χ4n) is 4.54. The van der Waals surface area contributed by atoms with E-state index in [1.165, 1.54) is 19.3 Å². The largest absolute Gasteiger partial charge is 0.338 e. The van der Waals surface area contributed by atoms with Gasteiger partial charge in [-0.05, 0) is 37.0 Å². The van der Waals surface area contributed by atoms with E-state index in [9.17, 15) is 4.79 Å². The van der Waals surface area contributed by atoms with E-state index < -0.39 is 0 Å². The van der Waals surface area contributed by atoms with E-state index in [1.54, 1.807) is 18.3 Å². The summed E-state index contributed by atoms with van der Waals surface area (Å²) in [7, 11) is 0. The third-order valence-electron chi connectivity index (χ3n) is 6.66. The number of fused-ring (bicyclic) bond motifs is 1. The van der Waals surface area contributed by atoms with Crippen LogP contribution in [0.2, 0.25) is 5.15 Å². The second kappa shape index (κ2) is 8.47. The Kier molecular flexibility index (Phi) is 5.56. The lowest BCUT2D eigenvalue weighted by Gasteiger charge is -2.43. The number of halogens is 1. The van der Waals surface area contributed by atoms with Gasteiger partial charge in [-0.15, -0.1) is 0 Å². The molecule has 30 heavy (non-hydrogen) atoms. The first-order chi connectivity index (χ1) is 14.7. The van der Waals surface area contributed by atoms with Crippen molar-refractivity contribution in [1.29, 1.82) is 0 Å². The van der Waals surface area contributed by atoms with E-state index >= 15 is 0 Å². The second-order valence-electron chi connectivity index (χ2n) is 8.41. The summed E-state index contributed by atoms with van der Waals surface area (Å²) in [5, 5.41) is 0.395. The number of hydrogen-bond acceptors (Lipinski definition) is 6. The number of rotatable bonds is 3.